The van der Waals surface area contributed by atoms with Crippen molar-refractivity contribution in [1.29, 1.82) is 0 Å². The molecule has 0 spiro atoms. The van der Waals surface area contributed by atoms with Gasteiger partial charge in [0.05, 0.1) is 6.33 Å². The molecule has 1 fully saturated rings. The molecule has 1 aliphatic carbocycles. The third-order valence-electron chi connectivity index (χ3n) is 5.83. The minimum absolute atomic E-state index is 0.00778. The molecule has 8 heteroatoms. The molecule has 1 amide bonds. The van der Waals surface area contributed by atoms with E-state index in [0.29, 0.717) is 12.5 Å². The summed E-state index contributed by atoms with van der Waals surface area (Å²) in [5, 5.41) is 0. The van der Waals surface area contributed by atoms with Gasteiger partial charge in [-0.2, -0.15) is 0 Å². The second-order valence-corrected chi connectivity index (χ2v) is 7.84. The SMILES string of the molecule is CC(C1CC1)N(Cc1ccccc1)C(=O)Cn1cnc2c1c(=O)n(C)c(=O)n2C. The number of rotatable bonds is 6. The van der Waals surface area contributed by atoms with Gasteiger partial charge in [-0.05, 0) is 31.2 Å². The summed E-state index contributed by atoms with van der Waals surface area (Å²) in [6, 6.07) is 10.0. The lowest BCUT2D eigenvalue weighted by molar-refractivity contribution is -0.135. The normalized spacial score (nSPS) is 14.9. The summed E-state index contributed by atoms with van der Waals surface area (Å²) in [6.07, 6.45) is 3.73. The van der Waals surface area contributed by atoms with Crippen LogP contribution in [-0.4, -0.2) is 35.5 Å². The monoisotopic (exact) mass is 395 g/mol. The third-order valence-corrected chi connectivity index (χ3v) is 5.83. The number of imidazole rings is 1. The molecular weight excluding hydrogens is 370 g/mol. The number of amides is 1. The molecule has 1 aromatic carbocycles. The molecular formula is C21H25N5O3. The largest absolute Gasteiger partial charge is 0.334 e. The summed E-state index contributed by atoms with van der Waals surface area (Å²) >= 11 is 0. The van der Waals surface area contributed by atoms with E-state index in [1.807, 2.05) is 35.2 Å². The Morgan fingerprint density at radius 2 is 1.86 bits per heavy atom. The summed E-state index contributed by atoms with van der Waals surface area (Å²) in [5.41, 5.74) is 0.741. The third kappa shape index (κ3) is 3.50. The van der Waals surface area contributed by atoms with Gasteiger partial charge in [0.15, 0.2) is 11.2 Å². The number of nitrogens with zero attached hydrogens (tertiary/aromatic N) is 5. The zero-order valence-electron chi connectivity index (χ0n) is 16.9. The van der Waals surface area contributed by atoms with E-state index >= 15 is 0 Å². The molecule has 8 nitrogen and oxygen atoms in total. The van der Waals surface area contributed by atoms with Crippen LogP contribution in [0.5, 0.6) is 0 Å². The molecule has 0 bridgehead atoms. The highest BCUT2D eigenvalue weighted by molar-refractivity contribution is 5.79. The van der Waals surface area contributed by atoms with E-state index in [0.717, 1.165) is 23.0 Å². The van der Waals surface area contributed by atoms with Crippen LogP contribution in [0.4, 0.5) is 0 Å². The Balaban J connectivity index is 1.67. The Bertz CT molecular complexity index is 1170. The molecule has 0 aliphatic heterocycles. The number of aryl methyl sites for hydroxylation is 1. The fraction of sp³-hybridized carbons (Fsp3) is 0.429. The maximum Gasteiger partial charge on any atom is 0.332 e. The van der Waals surface area contributed by atoms with Crippen LogP contribution in [0.15, 0.2) is 46.2 Å². The van der Waals surface area contributed by atoms with E-state index in [1.54, 1.807) is 11.6 Å². The predicted molar refractivity (Wildman–Crippen MR) is 109 cm³/mol. The van der Waals surface area contributed by atoms with Crippen molar-refractivity contribution in [3.8, 4) is 0 Å². The van der Waals surface area contributed by atoms with Gasteiger partial charge in [0.25, 0.3) is 5.56 Å². The van der Waals surface area contributed by atoms with Crippen LogP contribution in [0, 0.1) is 5.92 Å². The number of fused-ring (bicyclic) bond motifs is 1. The van der Waals surface area contributed by atoms with Gasteiger partial charge in [-0.1, -0.05) is 30.3 Å². The second-order valence-electron chi connectivity index (χ2n) is 7.84. The van der Waals surface area contributed by atoms with Crippen LogP contribution in [0.3, 0.4) is 0 Å². The van der Waals surface area contributed by atoms with E-state index in [2.05, 4.69) is 11.9 Å². The Labute approximate surface area is 168 Å². The zero-order valence-corrected chi connectivity index (χ0v) is 16.9. The van der Waals surface area contributed by atoms with Crippen molar-refractivity contribution in [2.45, 2.75) is 38.9 Å². The van der Waals surface area contributed by atoms with Gasteiger partial charge >= 0.3 is 5.69 Å². The van der Waals surface area contributed by atoms with Gasteiger partial charge in [-0.3, -0.25) is 18.7 Å². The maximum atomic E-state index is 13.3. The molecule has 29 heavy (non-hydrogen) atoms. The lowest BCUT2D eigenvalue weighted by Gasteiger charge is -2.30. The quantitative estimate of drug-likeness (QED) is 0.629. The highest BCUT2D eigenvalue weighted by atomic mass is 16.2. The Morgan fingerprint density at radius 1 is 1.17 bits per heavy atom. The minimum atomic E-state index is -0.446. The van der Waals surface area contributed by atoms with Gasteiger partial charge in [0.2, 0.25) is 5.91 Å². The first-order valence-electron chi connectivity index (χ1n) is 9.82. The molecule has 0 N–H and O–H groups in total. The molecule has 3 aromatic rings. The Hall–Kier alpha value is -3.16. The zero-order chi connectivity index (χ0) is 20.7. The smallest absolute Gasteiger partial charge is 0.332 e. The van der Waals surface area contributed by atoms with Crippen molar-refractivity contribution < 1.29 is 4.79 Å². The number of carbonyl (C=O) groups is 1. The standard InChI is InChI=1S/C21H25N5O3/c1-14(16-9-10-16)26(11-15-7-5-4-6-8-15)17(27)12-25-13-22-19-18(25)20(28)24(3)21(29)23(19)2/h4-8,13-14,16H,9-12H2,1-3H3. The van der Waals surface area contributed by atoms with Crippen molar-refractivity contribution in [1.82, 2.24) is 23.6 Å². The van der Waals surface area contributed by atoms with E-state index < -0.39 is 11.2 Å². The fourth-order valence-corrected chi connectivity index (χ4v) is 3.83. The molecule has 1 unspecified atom stereocenters. The van der Waals surface area contributed by atoms with Crippen molar-refractivity contribution >= 4 is 17.1 Å². The van der Waals surface area contributed by atoms with E-state index in [4.69, 9.17) is 0 Å². The van der Waals surface area contributed by atoms with Crippen molar-refractivity contribution in [3.63, 3.8) is 0 Å². The maximum absolute atomic E-state index is 13.3. The Morgan fingerprint density at radius 3 is 2.52 bits per heavy atom. The number of hydrogen-bond donors (Lipinski definition) is 0. The molecule has 2 aromatic heterocycles. The fourth-order valence-electron chi connectivity index (χ4n) is 3.83. The molecule has 1 saturated carbocycles. The average molecular weight is 395 g/mol. The first kappa shape index (κ1) is 19.2. The van der Waals surface area contributed by atoms with Crippen LogP contribution in [0.1, 0.15) is 25.3 Å². The van der Waals surface area contributed by atoms with Crippen molar-refractivity contribution in [2.75, 3.05) is 0 Å². The van der Waals surface area contributed by atoms with E-state index in [9.17, 15) is 14.4 Å². The van der Waals surface area contributed by atoms with Crippen LogP contribution in [0.25, 0.3) is 11.2 Å². The van der Waals surface area contributed by atoms with Crippen molar-refractivity contribution in [3.05, 3.63) is 63.1 Å². The number of carbonyl (C=O) groups excluding carboxylic acids is 1. The lowest BCUT2D eigenvalue weighted by atomic mass is 10.1. The van der Waals surface area contributed by atoms with Crippen LogP contribution in [0.2, 0.25) is 0 Å². The molecule has 1 atom stereocenters. The first-order valence-corrected chi connectivity index (χ1v) is 9.82. The molecule has 0 radical (unpaired) electrons. The summed E-state index contributed by atoms with van der Waals surface area (Å²) in [5.74, 6) is 0.458. The number of hydrogen-bond acceptors (Lipinski definition) is 4. The van der Waals surface area contributed by atoms with Gasteiger partial charge < -0.3 is 9.47 Å². The first-order chi connectivity index (χ1) is 13.9. The molecule has 0 saturated heterocycles. The van der Waals surface area contributed by atoms with Crippen LogP contribution < -0.4 is 11.2 Å². The summed E-state index contributed by atoms with van der Waals surface area (Å²) < 4.78 is 3.92. The molecule has 4 rings (SSSR count). The Kier molecular flexibility index (Phi) is 4.86. The highest BCUT2D eigenvalue weighted by Crippen LogP contribution is 2.35. The summed E-state index contributed by atoms with van der Waals surface area (Å²) in [7, 11) is 3.00. The van der Waals surface area contributed by atoms with Crippen LogP contribution in [-0.2, 0) is 32.0 Å². The summed E-state index contributed by atoms with van der Waals surface area (Å²) in [6.45, 7) is 2.63. The average Bonchev–Trinajstić information content (AvgIpc) is 3.49. The molecule has 1 aliphatic rings. The lowest BCUT2D eigenvalue weighted by Crippen LogP contribution is -2.42. The molecule has 152 valence electrons. The van der Waals surface area contributed by atoms with Gasteiger partial charge in [0.1, 0.15) is 6.54 Å². The summed E-state index contributed by atoms with van der Waals surface area (Å²) in [4.78, 5) is 44.1. The van der Waals surface area contributed by atoms with E-state index in [-0.39, 0.29) is 29.7 Å². The number of aromatic nitrogens is 4. The van der Waals surface area contributed by atoms with Gasteiger partial charge in [-0.15, -0.1) is 0 Å². The second kappa shape index (κ2) is 7.35. The highest BCUT2D eigenvalue weighted by Gasteiger charge is 2.34. The van der Waals surface area contributed by atoms with Gasteiger partial charge in [0, 0.05) is 26.7 Å². The van der Waals surface area contributed by atoms with Gasteiger partial charge in [-0.25, -0.2) is 9.78 Å². The van der Waals surface area contributed by atoms with Crippen molar-refractivity contribution in [2.24, 2.45) is 20.0 Å². The van der Waals surface area contributed by atoms with Crippen LogP contribution >= 0.6 is 0 Å². The molecule has 2 heterocycles. The topological polar surface area (TPSA) is 82.1 Å². The predicted octanol–water partition coefficient (Wildman–Crippen LogP) is 1.26. The van der Waals surface area contributed by atoms with E-state index in [1.165, 1.54) is 17.9 Å². The minimum Gasteiger partial charge on any atom is -0.334 e. The number of benzene rings is 1.